The fourth-order valence-corrected chi connectivity index (χ4v) is 3.47. The van der Waals surface area contributed by atoms with Gasteiger partial charge in [0.05, 0.1) is 7.11 Å². The van der Waals surface area contributed by atoms with Crippen molar-refractivity contribution in [2.24, 2.45) is 0 Å². The second-order valence-corrected chi connectivity index (χ2v) is 6.91. The molecule has 136 valence electrons. The van der Waals surface area contributed by atoms with E-state index in [9.17, 15) is 4.79 Å². The van der Waals surface area contributed by atoms with Crippen molar-refractivity contribution in [2.75, 3.05) is 7.11 Å². The number of ether oxygens (including phenoxy) is 1. The van der Waals surface area contributed by atoms with Crippen LogP contribution in [0.4, 0.5) is 0 Å². The predicted octanol–water partition coefficient (Wildman–Crippen LogP) is 4.45. The van der Waals surface area contributed by atoms with Crippen LogP contribution in [0.3, 0.4) is 0 Å². The highest BCUT2D eigenvalue weighted by Gasteiger charge is 2.12. The molecule has 0 aliphatic heterocycles. The third kappa shape index (κ3) is 3.73. The summed E-state index contributed by atoms with van der Waals surface area (Å²) in [6.07, 6.45) is 0. The number of aromatic nitrogens is 2. The Morgan fingerprint density at radius 3 is 2.63 bits per heavy atom. The highest BCUT2D eigenvalue weighted by atomic mass is 32.2. The highest BCUT2D eigenvalue weighted by molar-refractivity contribution is 7.98. The van der Waals surface area contributed by atoms with E-state index in [1.807, 2.05) is 49.4 Å². The number of methoxy groups -OCH3 is 1. The largest absolute Gasteiger partial charge is 0.497 e. The van der Waals surface area contributed by atoms with Gasteiger partial charge in [-0.3, -0.25) is 0 Å². The summed E-state index contributed by atoms with van der Waals surface area (Å²) in [7, 11) is 1.62. The van der Waals surface area contributed by atoms with Crippen LogP contribution in [0.2, 0.25) is 0 Å². The number of benzene rings is 2. The third-order valence-corrected chi connectivity index (χ3v) is 4.95. The van der Waals surface area contributed by atoms with Gasteiger partial charge in [0, 0.05) is 22.8 Å². The second kappa shape index (κ2) is 7.28. The van der Waals surface area contributed by atoms with Crippen LogP contribution in [-0.2, 0) is 5.75 Å². The smallest absolute Gasteiger partial charge is 0.336 e. The Bertz CT molecular complexity index is 1150. The molecule has 0 aliphatic rings. The minimum Gasteiger partial charge on any atom is -0.497 e. The van der Waals surface area contributed by atoms with Crippen molar-refractivity contribution in [2.45, 2.75) is 17.9 Å². The lowest BCUT2D eigenvalue weighted by molar-refractivity contribution is 0.414. The average molecular weight is 380 g/mol. The first-order chi connectivity index (χ1) is 13.1. The zero-order chi connectivity index (χ0) is 18.8. The zero-order valence-corrected chi connectivity index (χ0v) is 15.6. The van der Waals surface area contributed by atoms with E-state index in [-0.39, 0.29) is 5.63 Å². The molecule has 0 radical (unpaired) electrons. The summed E-state index contributed by atoms with van der Waals surface area (Å²) in [5, 5.41) is 9.51. The van der Waals surface area contributed by atoms with Crippen LogP contribution in [0.5, 0.6) is 5.75 Å². The van der Waals surface area contributed by atoms with Gasteiger partial charge < -0.3 is 13.6 Å². The molecule has 2 aromatic heterocycles. The summed E-state index contributed by atoms with van der Waals surface area (Å²) in [5.41, 5.74) is 2.94. The average Bonchev–Trinajstić information content (AvgIpc) is 3.14. The molecule has 2 aromatic carbocycles. The van der Waals surface area contributed by atoms with Gasteiger partial charge in [-0.2, -0.15) is 0 Å². The third-order valence-electron chi connectivity index (χ3n) is 4.08. The lowest BCUT2D eigenvalue weighted by atomic mass is 10.1. The first-order valence-corrected chi connectivity index (χ1v) is 9.25. The van der Waals surface area contributed by atoms with Crippen molar-refractivity contribution in [3.63, 3.8) is 0 Å². The first-order valence-electron chi connectivity index (χ1n) is 8.26. The van der Waals surface area contributed by atoms with E-state index in [2.05, 4.69) is 10.2 Å². The summed E-state index contributed by atoms with van der Waals surface area (Å²) in [6.45, 7) is 1.96. The van der Waals surface area contributed by atoms with Gasteiger partial charge in [-0.15, -0.1) is 10.2 Å². The molecule has 0 atom stereocenters. The van der Waals surface area contributed by atoms with E-state index in [1.54, 1.807) is 7.11 Å². The standard InChI is InChI=1S/C20H16N2O4S/c1-12-3-8-16-14(10-18(23)25-17(16)9-12)11-27-20-22-21-19(26-20)13-4-6-15(24-2)7-5-13/h3-10H,11H2,1-2H3. The number of hydrogen-bond donors (Lipinski definition) is 0. The molecule has 6 nitrogen and oxygen atoms in total. The maximum Gasteiger partial charge on any atom is 0.336 e. The van der Waals surface area contributed by atoms with Crippen LogP contribution in [0.15, 0.2) is 67.4 Å². The van der Waals surface area contributed by atoms with Crippen LogP contribution in [-0.4, -0.2) is 17.3 Å². The molecule has 0 spiro atoms. The van der Waals surface area contributed by atoms with Crippen LogP contribution < -0.4 is 10.4 Å². The molecule has 0 saturated carbocycles. The number of thioether (sulfide) groups is 1. The molecule has 0 N–H and O–H groups in total. The van der Waals surface area contributed by atoms with Crippen LogP contribution in [0.1, 0.15) is 11.1 Å². The van der Waals surface area contributed by atoms with Crippen LogP contribution in [0.25, 0.3) is 22.4 Å². The molecular weight excluding hydrogens is 364 g/mol. The van der Waals surface area contributed by atoms with E-state index in [0.29, 0.717) is 22.4 Å². The number of rotatable bonds is 5. The molecule has 0 unspecified atom stereocenters. The van der Waals surface area contributed by atoms with Crippen molar-refractivity contribution >= 4 is 22.7 Å². The summed E-state index contributed by atoms with van der Waals surface area (Å²) >= 11 is 1.38. The van der Waals surface area contributed by atoms with Crippen molar-refractivity contribution in [3.05, 3.63) is 70.1 Å². The Kier molecular flexibility index (Phi) is 4.68. The molecular formula is C20H16N2O4S. The summed E-state index contributed by atoms with van der Waals surface area (Å²) in [4.78, 5) is 11.8. The molecule has 4 rings (SSSR count). The normalized spacial score (nSPS) is 11.0. The number of nitrogens with zero attached hydrogens (tertiary/aromatic N) is 2. The molecule has 2 heterocycles. The van der Waals surface area contributed by atoms with Gasteiger partial charge in [0.1, 0.15) is 11.3 Å². The van der Waals surface area contributed by atoms with E-state index in [0.717, 1.165) is 27.8 Å². The quantitative estimate of drug-likeness (QED) is 0.374. The molecule has 0 bridgehead atoms. The Morgan fingerprint density at radius 2 is 1.85 bits per heavy atom. The Morgan fingerprint density at radius 1 is 1.04 bits per heavy atom. The van der Waals surface area contributed by atoms with Gasteiger partial charge in [-0.25, -0.2) is 4.79 Å². The Hall–Kier alpha value is -3.06. The molecule has 7 heteroatoms. The summed E-state index contributed by atoms with van der Waals surface area (Å²) < 4.78 is 16.2. The Balaban J connectivity index is 1.55. The molecule has 0 aliphatic carbocycles. The maximum absolute atomic E-state index is 11.8. The van der Waals surface area contributed by atoms with Crippen molar-refractivity contribution < 1.29 is 13.6 Å². The van der Waals surface area contributed by atoms with Crippen molar-refractivity contribution in [1.29, 1.82) is 0 Å². The van der Waals surface area contributed by atoms with E-state index >= 15 is 0 Å². The van der Waals surface area contributed by atoms with Crippen molar-refractivity contribution in [1.82, 2.24) is 10.2 Å². The molecule has 0 amide bonds. The van der Waals surface area contributed by atoms with Crippen molar-refractivity contribution in [3.8, 4) is 17.2 Å². The number of fused-ring (bicyclic) bond motifs is 1. The van der Waals surface area contributed by atoms with Gasteiger partial charge in [-0.05, 0) is 48.4 Å². The molecule has 0 saturated heterocycles. The van der Waals surface area contributed by atoms with Gasteiger partial charge >= 0.3 is 5.63 Å². The number of hydrogen-bond acceptors (Lipinski definition) is 7. The summed E-state index contributed by atoms with van der Waals surface area (Å²) in [6, 6.07) is 14.7. The minimum absolute atomic E-state index is 0.367. The molecule has 4 aromatic rings. The molecule has 0 fully saturated rings. The minimum atomic E-state index is -0.367. The first kappa shape index (κ1) is 17.4. The number of aryl methyl sites for hydroxylation is 1. The van der Waals surface area contributed by atoms with Gasteiger partial charge in [0.2, 0.25) is 5.89 Å². The lowest BCUT2D eigenvalue weighted by Crippen LogP contribution is -2.00. The second-order valence-electron chi connectivity index (χ2n) is 5.98. The monoisotopic (exact) mass is 380 g/mol. The lowest BCUT2D eigenvalue weighted by Gasteiger charge is -2.04. The fraction of sp³-hybridized carbons (Fsp3) is 0.150. The van der Waals surface area contributed by atoms with Gasteiger partial charge in [-0.1, -0.05) is 23.9 Å². The molecule has 27 heavy (non-hydrogen) atoms. The van der Waals surface area contributed by atoms with E-state index in [4.69, 9.17) is 13.6 Å². The van der Waals surface area contributed by atoms with E-state index < -0.39 is 0 Å². The highest BCUT2D eigenvalue weighted by Crippen LogP contribution is 2.29. The maximum atomic E-state index is 11.8. The van der Waals surface area contributed by atoms with E-state index in [1.165, 1.54) is 17.8 Å². The van der Waals surface area contributed by atoms with Crippen LogP contribution in [0, 0.1) is 6.92 Å². The SMILES string of the molecule is COc1ccc(-c2nnc(SCc3cc(=O)oc4cc(C)ccc34)o2)cc1. The summed E-state index contributed by atoms with van der Waals surface area (Å²) in [5.74, 6) is 1.72. The van der Waals surface area contributed by atoms with Crippen LogP contribution >= 0.6 is 11.8 Å². The predicted molar refractivity (Wildman–Crippen MR) is 103 cm³/mol. The fourth-order valence-electron chi connectivity index (χ4n) is 2.71. The van der Waals surface area contributed by atoms with Gasteiger partial charge in [0.25, 0.3) is 5.22 Å². The Labute approximate surface area is 159 Å². The van der Waals surface area contributed by atoms with Gasteiger partial charge in [0.15, 0.2) is 0 Å². The zero-order valence-electron chi connectivity index (χ0n) is 14.8. The topological polar surface area (TPSA) is 78.4 Å².